The van der Waals surface area contributed by atoms with Crippen LogP contribution < -0.4 is 5.32 Å². The summed E-state index contributed by atoms with van der Waals surface area (Å²) in [5.74, 6) is 0.173. The molecule has 21 heavy (non-hydrogen) atoms. The molecule has 0 spiro atoms. The fourth-order valence-corrected chi connectivity index (χ4v) is 2.79. The monoisotopic (exact) mass is 293 g/mol. The van der Waals surface area contributed by atoms with E-state index in [9.17, 15) is 4.79 Å². The van der Waals surface area contributed by atoms with Crippen LogP contribution in [-0.4, -0.2) is 15.7 Å². The maximum atomic E-state index is 12.6. The van der Waals surface area contributed by atoms with Gasteiger partial charge < -0.3 is 5.32 Å². The first kappa shape index (κ1) is 17.7. The zero-order valence-corrected chi connectivity index (χ0v) is 14.1. The number of amides is 1. The number of hydrogen-bond donors (Lipinski definition) is 1. The second kappa shape index (κ2) is 8.85. The van der Waals surface area contributed by atoms with E-state index in [0.717, 1.165) is 31.4 Å². The van der Waals surface area contributed by atoms with Gasteiger partial charge in [-0.2, -0.15) is 5.10 Å². The Balaban J connectivity index is 2.50. The molecule has 0 aliphatic carbocycles. The average molecular weight is 293 g/mol. The molecule has 1 rings (SSSR count). The van der Waals surface area contributed by atoms with Crippen molar-refractivity contribution in [1.82, 2.24) is 15.1 Å². The van der Waals surface area contributed by atoms with E-state index in [0.29, 0.717) is 6.54 Å². The molecule has 0 saturated heterocycles. The molecule has 0 fully saturated rings. The molecule has 1 N–H and O–H groups in total. The Bertz CT molecular complexity index is 427. The molecule has 1 atom stereocenters. The third kappa shape index (κ3) is 5.90. The summed E-state index contributed by atoms with van der Waals surface area (Å²) >= 11 is 0. The Morgan fingerprint density at radius 3 is 2.57 bits per heavy atom. The summed E-state index contributed by atoms with van der Waals surface area (Å²) in [6.07, 6.45) is 9.74. The van der Waals surface area contributed by atoms with Gasteiger partial charge in [0, 0.05) is 18.7 Å². The molecule has 1 aromatic rings. The van der Waals surface area contributed by atoms with E-state index >= 15 is 0 Å². The van der Waals surface area contributed by atoms with Gasteiger partial charge in [-0.1, -0.05) is 52.9 Å². The van der Waals surface area contributed by atoms with E-state index < -0.39 is 0 Å². The molecule has 1 heterocycles. The van der Waals surface area contributed by atoms with Crippen LogP contribution in [0.3, 0.4) is 0 Å². The summed E-state index contributed by atoms with van der Waals surface area (Å²) in [6, 6.07) is 1.94. The Morgan fingerprint density at radius 2 is 2.00 bits per heavy atom. The van der Waals surface area contributed by atoms with Crippen molar-refractivity contribution in [3.63, 3.8) is 0 Å². The smallest absolute Gasteiger partial charge is 0.226 e. The number of aromatic nitrogens is 2. The first-order valence-electron chi connectivity index (χ1n) is 8.28. The van der Waals surface area contributed by atoms with Crippen LogP contribution in [0.15, 0.2) is 12.3 Å². The largest absolute Gasteiger partial charge is 0.350 e. The van der Waals surface area contributed by atoms with Gasteiger partial charge in [-0.3, -0.25) is 9.48 Å². The molecule has 0 radical (unpaired) electrons. The predicted octanol–water partition coefficient (Wildman–Crippen LogP) is 3.81. The van der Waals surface area contributed by atoms with Crippen molar-refractivity contribution in [3.8, 4) is 0 Å². The molecular formula is C17H31N3O. The van der Waals surface area contributed by atoms with E-state index in [1.54, 1.807) is 4.68 Å². The molecule has 1 aromatic heterocycles. The van der Waals surface area contributed by atoms with Crippen LogP contribution in [0, 0.1) is 5.41 Å². The van der Waals surface area contributed by atoms with Gasteiger partial charge in [-0.15, -0.1) is 0 Å². The van der Waals surface area contributed by atoms with E-state index in [1.807, 2.05) is 19.3 Å². The van der Waals surface area contributed by atoms with E-state index in [2.05, 4.69) is 31.2 Å². The second-order valence-corrected chi connectivity index (χ2v) is 6.28. The molecule has 1 amide bonds. The van der Waals surface area contributed by atoms with Crippen molar-refractivity contribution >= 4 is 5.91 Å². The zero-order chi connectivity index (χ0) is 15.7. The van der Waals surface area contributed by atoms with Gasteiger partial charge in [0.25, 0.3) is 0 Å². The minimum absolute atomic E-state index is 0.173. The highest BCUT2D eigenvalue weighted by atomic mass is 16.2. The molecule has 4 nitrogen and oxygen atoms in total. The quantitative estimate of drug-likeness (QED) is 0.667. The van der Waals surface area contributed by atoms with Crippen LogP contribution in [0.2, 0.25) is 0 Å². The second-order valence-electron chi connectivity index (χ2n) is 6.28. The van der Waals surface area contributed by atoms with Crippen LogP contribution in [0.1, 0.15) is 71.4 Å². The molecule has 0 aromatic carbocycles. The fourth-order valence-electron chi connectivity index (χ4n) is 2.79. The first-order chi connectivity index (χ1) is 10.0. The number of nitrogens with one attached hydrogen (secondary N) is 1. The zero-order valence-electron chi connectivity index (χ0n) is 14.1. The summed E-state index contributed by atoms with van der Waals surface area (Å²) in [5, 5.41) is 7.36. The number of unbranched alkanes of at least 4 members (excludes halogenated alkanes) is 3. The molecule has 4 heteroatoms. The normalized spacial score (nSPS) is 13.9. The Labute approximate surface area is 129 Å². The third-order valence-corrected chi connectivity index (χ3v) is 4.13. The minimum atomic E-state index is -0.239. The molecular weight excluding hydrogens is 262 g/mol. The number of aryl methyl sites for hydroxylation is 1. The van der Waals surface area contributed by atoms with Gasteiger partial charge in [-0.05, 0) is 18.9 Å². The molecule has 1 unspecified atom stereocenters. The highest BCUT2D eigenvalue weighted by Crippen LogP contribution is 2.30. The van der Waals surface area contributed by atoms with Gasteiger partial charge in [0.05, 0.1) is 12.2 Å². The molecule has 0 aliphatic rings. The lowest BCUT2D eigenvalue weighted by molar-refractivity contribution is -0.131. The standard InChI is InChI=1S/C17H31N3O/c1-5-7-8-9-12-17(3,11-6-2)16(21)18-14-15-10-13-20(4)19-15/h10,13H,5-9,11-12,14H2,1-4H3,(H,18,21). The van der Waals surface area contributed by atoms with Gasteiger partial charge in [0.2, 0.25) is 5.91 Å². The molecule has 0 saturated carbocycles. The molecule has 120 valence electrons. The topological polar surface area (TPSA) is 46.9 Å². The maximum absolute atomic E-state index is 12.6. The van der Waals surface area contributed by atoms with Crippen LogP contribution in [-0.2, 0) is 18.4 Å². The van der Waals surface area contributed by atoms with Crippen molar-refractivity contribution in [1.29, 1.82) is 0 Å². The summed E-state index contributed by atoms with van der Waals surface area (Å²) < 4.78 is 1.76. The SMILES string of the molecule is CCCCCCC(C)(CCC)C(=O)NCc1ccn(C)n1. The number of carbonyl (C=O) groups excluding carboxylic acids is 1. The summed E-state index contributed by atoms with van der Waals surface area (Å²) in [7, 11) is 1.89. The van der Waals surface area contributed by atoms with Gasteiger partial charge in [0.15, 0.2) is 0 Å². The fraction of sp³-hybridized carbons (Fsp3) is 0.765. The Morgan fingerprint density at radius 1 is 1.24 bits per heavy atom. The average Bonchev–Trinajstić information content (AvgIpc) is 2.87. The maximum Gasteiger partial charge on any atom is 0.226 e. The van der Waals surface area contributed by atoms with Crippen LogP contribution in [0.25, 0.3) is 0 Å². The third-order valence-electron chi connectivity index (χ3n) is 4.13. The number of rotatable bonds is 10. The Kier molecular flexibility index (Phi) is 7.48. The van der Waals surface area contributed by atoms with Crippen LogP contribution in [0.4, 0.5) is 0 Å². The highest BCUT2D eigenvalue weighted by Gasteiger charge is 2.31. The summed E-state index contributed by atoms with van der Waals surface area (Å²) in [5.41, 5.74) is 0.674. The van der Waals surface area contributed by atoms with Crippen LogP contribution in [0.5, 0.6) is 0 Å². The van der Waals surface area contributed by atoms with Crippen LogP contribution >= 0.6 is 0 Å². The van der Waals surface area contributed by atoms with E-state index in [1.165, 1.54) is 19.3 Å². The van der Waals surface area contributed by atoms with Gasteiger partial charge in [-0.25, -0.2) is 0 Å². The van der Waals surface area contributed by atoms with E-state index in [4.69, 9.17) is 0 Å². The van der Waals surface area contributed by atoms with Crippen molar-refractivity contribution in [2.45, 2.75) is 72.3 Å². The Hall–Kier alpha value is -1.32. The minimum Gasteiger partial charge on any atom is -0.350 e. The summed E-state index contributed by atoms with van der Waals surface area (Å²) in [6.45, 7) is 6.99. The van der Waals surface area contributed by atoms with Crippen molar-refractivity contribution in [3.05, 3.63) is 18.0 Å². The lowest BCUT2D eigenvalue weighted by Crippen LogP contribution is -2.38. The lowest BCUT2D eigenvalue weighted by atomic mass is 9.79. The van der Waals surface area contributed by atoms with Gasteiger partial charge >= 0.3 is 0 Å². The number of hydrogen-bond acceptors (Lipinski definition) is 2. The first-order valence-corrected chi connectivity index (χ1v) is 8.28. The van der Waals surface area contributed by atoms with E-state index in [-0.39, 0.29) is 11.3 Å². The number of carbonyl (C=O) groups is 1. The van der Waals surface area contributed by atoms with Crippen molar-refractivity contribution < 1.29 is 4.79 Å². The predicted molar refractivity (Wildman–Crippen MR) is 86.8 cm³/mol. The summed E-state index contributed by atoms with van der Waals surface area (Å²) in [4.78, 5) is 12.6. The lowest BCUT2D eigenvalue weighted by Gasteiger charge is -2.28. The highest BCUT2D eigenvalue weighted by molar-refractivity contribution is 5.82. The molecule has 0 aliphatic heterocycles. The molecule has 0 bridgehead atoms. The van der Waals surface area contributed by atoms with Crippen molar-refractivity contribution in [2.75, 3.05) is 0 Å². The van der Waals surface area contributed by atoms with Crippen molar-refractivity contribution in [2.24, 2.45) is 12.5 Å². The van der Waals surface area contributed by atoms with Gasteiger partial charge in [0.1, 0.15) is 0 Å². The number of nitrogens with zero attached hydrogens (tertiary/aromatic N) is 2.